The molecule has 1 heterocycles. The van der Waals surface area contributed by atoms with Crippen LogP contribution in [0.15, 0.2) is 71.4 Å². The zero-order valence-corrected chi connectivity index (χ0v) is 16.7. The van der Waals surface area contributed by atoms with Crippen LogP contribution in [0.3, 0.4) is 0 Å². The summed E-state index contributed by atoms with van der Waals surface area (Å²) in [5.41, 5.74) is 2.98. The second-order valence-electron chi connectivity index (χ2n) is 6.64. The van der Waals surface area contributed by atoms with E-state index < -0.39 is 0 Å². The second kappa shape index (κ2) is 9.30. The van der Waals surface area contributed by atoms with Crippen molar-refractivity contribution in [2.24, 2.45) is 0 Å². The Balaban J connectivity index is 1.58. The highest BCUT2D eigenvalue weighted by Crippen LogP contribution is 2.20. The van der Waals surface area contributed by atoms with Gasteiger partial charge >= 0.3 is 0 Å². The third-order valence-corrected chi connectivity index (χ3v) is 5.15. The van der Waals surface area contributed by atoms with Crippen molar-refractivity contribution in [3.63, 3.8) is 0 Å². The fraction of sp³-hybridized carbons (Fsp3) is 0.182. The lowest BCUT2D eigenvalue weighted by Crippen LogP contribution is -2.34. The van der Waals surface area contributed by atoms with Crippen LogP contribution in [-0.4, -0.2) is 37.4 Å². The summed E-state index contributed by atoms with van der Waals surface area (Å²) in [5, 5.41) is 9.96. The summed E-state index contributed by atoms with van der Waals surface area (Å²) in [4.78, 5) is 26.8. The molecule has 3 rings (SSSR count). The molecule has 3 aromatic rings. The van der Waals surface area contributed by atoms with Crippen LogP contribution >= 0.6 is 11.3 Å². The summed E-state index contributed by atoms with van der Waals surface area (Å²) in [6.07, 6.45) is 0. The second-order valence-corrected chi connectivity index (χ2v) is 7.42. The molecule has 0 spiro atoms. The Morgan fingerprint density at radius 3 is 2.21 bits per heavy atom. The average molecular weight is 394 g/mol. The minimum absolute atomic E-state index is 0.125. The van der Waals surface area contributed by atoms with Crippen molar-refractivity contribution in [2.75, 3.05) is 26.0 Å². The number of amides is 2. The van der Waals surface area contributed by atoms with Crippen molar-refractivity contribution in [3.8, 4) is 0 Å². The number of rotatable bonds is 7. The van der Waals surface area contributed by atoms with Gasteiger partial charge in [0.15, 0.2) is 0 Å². The molecular weight excluding hydrogens is 370 g/mol. The summed E-state index contributed by atoms with van der Waals surface area (Å²) in [6, 6.07) is 18.1. The van der Waals surface area contributed by atoms with Gasteiger partial charge in [-0.1, -0.05) is 18.2 Å². The van der Waals surface area contributed by atoms with Gasteiger partial charge in [-0.15, -0.1) is 0 Å². The summed E-state index contributed by atoms with van der Waals surface area (Å²) < 4.78 is 0. The predicted molar refractivity (Wildman–Crippen MR) is 114 cm³/mol. The highest BCUT2D eigenvalue weighted by atomic mass is 32.1. The van der Waals surface area contributed by atoms with E-state index >= 15 is 0 Å². The SMILES string of the molecule is CN(C)C(CNC(=O)c1ccc(NC(=O)c2ccccc2)cc1)c1ccsc1. The maximum absolute atomic E-state index is 12.5. The largest absolute Gasteiger partial charge is 0.350 e. The van der Waals surface area contributed by atoms with Gasteiger partial charge in [0.25, 0.3) is 11.8 Å². The topological polar surface area (TPSA) is 61.4 Å². The Hall–Kier alpha value is -2.96. The van der Waals surface area contributed by atoms with Crippen LogP contribution in [0.1, 0.15) is 32.3 Å². The molecule has 2 amide bonds. The number of anilines is 1. The number of nitrogens with one attached hydrogen (secondary N) is 2. The number of nitrogens with zero attached hydrogens (tertiary/aromatic N) is 1. The minimum Gasteiger partial charge on any atom is -0.350 e. The first-order valence-electron chi connectivity index (χ1n) is 8.98. The molecule has 0 saturated carbocycles. The van der Waals surface area contributed by atoms with Crippen molar-refractivity contribution in [2.45, 2.75) is 6.04 Å². The molecule has 0 radical (unpaired) electrons. The molecule has 0 bridgehead atoms. The molecule has 0 aliphatic rings. The van der Waals surface area contributed by atoms with E-state index in [2.05, 4.69) is 27.0 Å². The van der Waals surface area contributed by atoms with Crippen LogP contribution in [-0.2, 0) is 0 Å². The molecule has 28 heavy (non-hydrogen) atoms. The van der Waals surface area contributed by atoms with Crippen LogP contribution in [0.2, 0.25) is 0 Å². The molecule has 1 atom stereocenters. The molecule has 5 nitrogen and oxygen atoms in total. The highest BCUT2D eigenvalue weighted by Gasteiger charge is 2.16. The van der Waals surface area contributed by atoms with E-state index in [9.17, 15) is 9.59 Å². The van der Waals surface area contributed by atoms with Crippen LogP contribution < -0.4 is 10.6 Å². The first-order valence-corrected chi connectivity index (χ1v) is 9.92. The van der Waals surface area contributed by atoms with Gasteiger partial charge in [0.2, 0.25) is 0 Å². The van der Waals surface area contributed by atoms with Gasteiger partial charge in [-0.3, -0.25) is 9.59 Å². The monoisotopic (exact) mass is 393 g/mol. The maximum Gasteiger partial charge on any atom is 0.255 e. The summed E-state index contributed by atoms with van der Waals surface area (Å²) >= 11 is 1.65. The normalized spacial score (nSPS) is 11.8. The Labute approximate surface area is 169 Å². The smallest absolute Gasteiger partial charge is 0.255 e. The molecular formula is C22H23N3O2S. The van der Waals surface area contributed by atoms with Gasteiger partial charge in [-0.25, -0.2) is 0 Å². The molecule has 2 aromatic carbocycles. The van der Waals surface area contributed by atoms with E-state index in [1.807, 2.05) is 37.7 Å². The number of hydrogen-bond acceptors (Lipinski definition) is 4. The van der Waals surface area contributed by atoms with E-state index in [1.165, 1.54) is 5.56 Å². The van der Waals surface area contributed by atoms with Gasteiger partial charge < -0.3 is 15.5 Å². The zero-order chi connectivity index (χ0) is 19.9. The number of likely N-dealkylation sites (N-methyl/N-ethyl adjacent to an activating group) is 1. The molecule has 0 fully saturated rings. The van der Waals surface area contributed by atoms with E-state index in [1.54, 1.807) is 47.7 Å². The Morgan fingerprint density at radius 1 is 0.929 bits per heavy atom. The molecule has 2 N–H and O–H groups in total. The number of carbonyl (C=O) groups is 2. The third kappa shape index (κ3) is 5.06. The van der Waals surface area contributed by atoms with Gasteiger partial charge in [-0.2, -0.15) is 11.3 Å². The van der Waals surface area contributed by atoms with E-state index in [4.69, 9.17) is 0 Å². The lowest BCUT2D eigenvalue weighted by Gasteiger charge is -2.24. The Kier molecular flexibility index (Phi) is 6.57. The van der Waals surface area contributed by atoms with E-state index in [0.717, 1.165) is 0 Å². The first kappa shape index (κ1) is 19.8. The first-order chi connectivity index (χ1) is 13.5. The lowest BCUT2D eigenvalue weighted by molar-refractivity contribution is 0.0941. The van der Waals surface area contributed by atoms with Crippen LogP contribution in [0, 0.1) is 0 Å². The maximum atomic E-state index is 12.5. The van der Waals surface area contributed by atoms with Gasteiger partial charge in [0.1, 0.15) is 0 Å². The van der Waals surface area contributed by atoms with Gasteiger partial charge in [0, 0.05) is 23.4 Å². The lowest BCUT2D eigenvalue weighted by atomic mass is 10.1. The van der Waals surface area contributed by atoms with E-state index in [-0.39, 0.29) is 17.9 Å². The van der Waals surface area contributed by atoms with E-state index in [0.29, 0.717) is 23.4 Å². The predicted octanol–water partition coefficient (Wildman–Crippen LogP) is 4.03. The summed E-state index contributed by atoms with van der Waals surface area (Å²) in [5.74, 6) is -0.314. The van der Waals surface area contributed by atoms with Crippen LogP contribution in [0.4, 0.5) is 5.69 Å². The molecule has 1 aromatic heterocycles. The fourth-order valence-corrected chi connectivity index (χ4v) is 3.56. The summed E-state index contributed by atoms with van der Waals surface area (Å²) in [6.45, 7) is 0.523. The van der Waals surface area contributed by atoms with Crippen molar-refractivity contribution in [1.29, 1.82) is 0 Å². The molecule has 0 aliphatic heterocycles. The standard InChI is InChI=1S/C22H23N3O2S/c1-25(2)20(18-12-13-28-15-18)14-23-21(26)17-8-10-19(11-9-17)24-22(27)16-6-4-3-5-7-16/h3-13,15,20H,14H2,1-2H3,(H,23,26)(H,24,27). The number of thiophene rings is 1. The van der Waals surface area contributed by atoms with Gasteiger partial charge in [0.05, 0.1) is 6.04 Å². The van der Waals surface area contributed by atoms with Crippen LogP contribution in [0.25, 0.3) is 0 Å². The zero-order valence-electron chi connectivity index (χ0n) is 15.9. The van der Waals surface area contributed by atoms with Crippen molar-refractivity contribution < 1.29 is 9.59 Å². The average Bonchev–Trinajstić information content (AvgIpc) is 3.23. The highest BCUT2D eigenvalue weighted by molar-refractivity contribution is 7.08. The van der Waals surface area contributed by atoms with Crippen molar-refractivity contribution in [3.05, 3.63) is 88.1 Å². The molecule has 0 saturated heterocycles. The fourth-order valence-electron chi connectivity index (χ4n) is 2.85. The molecule has 1 unspecified atom stereocenters. The van der Waals surface area contributed by atoms with Gasteiger partial charge in [-0.05, 0) is 72.9 Å². The quantitative estimate of drug-likeness (QED) is 0.637. The summed E-state index contributed by atoms with van der Waals surface area (Å²) in [7, 11) is 4.00. The minimum atomic E-state index is -0.178. The molecule has 0 aliphatic carbocycles. The number of carbonyl (C=O) groups excluding carboxylic acids is 2. The number of hydrogen-bond donors (Lipinski definition) is 2. The van der Waals surface area contributed by atoms with Crippen LogP contribution in [0.5, 0.6) is 0 Å². The Morgan fingerprint density at radius 2 is 1.61 bits per heavy atom. The third-order valence-electron chi connectivity index (χ3n) is 4.45. The van der Waals surface area contributed by atoms with Crippen molar-refractivity contribution >= 4 is 28.8 Å². The van der Waals surface area contributed by atoms with Crippen molar-refractivity contribution in [1.82, 2.24) is 10.2 Å². The number of benzene rings is 2. The molecule has 6 heteroatoms. The molecule has 144 valence electrons. The Bertz CT molecular complexity index is 907.